The first kappa shape index (κ1) is 18.9. The van der Waals surface area contributed by atoms with Gasteiger partial charge in [-0.25, -0.2) is 8.42 Å². The fourth-order valence-corrected chi connectivity index (χ4v) is 5.44. The van der Waals surface area contributed by atoms with Crippen LogP contribution in [0.25, 0.3) is 0 Å². The van der Waals surface area contributed by atoms with Crippen LogP contribution < -0.4 is 0 Å². The first-order valence-corrected chi connectivity index (χ1v) is 11.2. The molecule has 1 amide bonds. The lowest BCUT2D eigenvalue weighted by molar-refractivity contribution is -0.137. The van der Waals surface area contributed by atoms with Gasteiger partial charge in [-0.2, -0.15) is 4.31 Å². The van der Waals surface area contributed by atoms with Crippen molar-refractivity contribution < 1.29 is 13.2 Å². The number of amides is 1. The number of benzene rings is 1. The number of piperazine rings is 1. The summed E-state index contributed by atoms with van der Waals surface area (Å²) >= 11 is 3.40. The monoisotopic (exact) mass is 428 g/mol. The van der Waals surface area contributed by atoms with Crippen molar-refractivity contribution in [2.75, 3.05) is 26.2 Å². The summed E-state index contributed by atoms with van der Waals surface area (Å²) in [6.45, 7) is 3.60. The zero-order chi connectivity index (χ0) is 18.0. The highest BCUT2D eigenvalue weighted by atomic mass is 79.9. The largest absolute Gasteiger partial charge is 0.340 e. The molecule has 0 radical (unpaired) electrons. The Hall–Kier alpha value is -0.920. The second-order valence-electron chi connectivity index (χ2n) is 6.98. The van der Waals surface area contributed by atoms with Crippen molar-refractivity contribution in [2.24, 2.45) is 5.92 Å². The number of hydrogen-bond acceptors (Lipinski definition) is 3. The third kappa shape index (κ3) is 4.09. The van der Waals surface area contributed by atoms with Gasteiger partial charge >= 0.3 is 0 Å². The lowest BCUT2D eigenvalue weighted by Gasteiger charge is -2.36. The molecule has 1 aromatic rings. The first-order valence-electron chi connectivity index (χ1n) is 8.94. The number of hydrogen-bond donors (Lipinski definition) is 0. The minimum atomic E-state index is -3.50. The molecule has 5 nitrogen and oxygen atoms in total. The molecule has 0 unspecified atom stereocenters. The van der Waals surface area contributed by atoms with Gasteiger partial charge in [-0.15, -0.1) is 0 Å². The highest BCUT2D eigenvalue weighted by Gasteiger charge is 2.33. The number of halogens is 1. The topological polar surface area (TPSA) is 57.7 Å². The van der Waals surface area contributed by atoms with Gasteiger partial charge in [-0.3, -0.25) is 4.79 Å². The molecular weight excluding hydrogens is 404 g/mol. The summed E-state index contributed by atoms with van der Waals surface area (Å²) in [5.74, 6) is 0.363. The fraction of sp³-hybridized carbons (Fsp3) is 0.611. The van der Waals surface area contributed by atoms with Crippen molar-refractivity contribution in [1.82, 2.24) is 9.21 Å². The first-order chi connectivity index (χ1) is 11.9. The molecule has 1 aromatic carbocycles. The molecule has 25 heavy (non-hydrogen) atoms. The Morgan fingerprint density at radius 2 is 1.72 bits per heavy atom. The van der Waals surface area contributed by atoms with Crippen molar-refractivity contribution in [3.05, 3.63) is 28.2 Å². The Morgan fingerprint density at radius 3 is 2.32 bits per heavy atom. The molecule has 0 atom stereocenters. The van der Waals surface area contributed by atoms with Gasteiger partial charge in [0.1, 0.15) is 0 Å². The molecule has 0 aromatic heterocycles. The maximum atomic E-state index is 12.8. The Labute approximate surface area is 158 Å². The maximum Gasteiger partial charge on any atom is 0.243 e. The lowest BCUT2D eigenvalue weighted by Crippen LogP contribution is -2.52. The Bertz CT molecular complexity index is 737. The molecule has 0 N–H and O–H groups in total. The van der Waals surface area contributed by atoms with Crippen LogP contribution in [0.5, 0.6) is 0 Å². The fourth-order valence-electron chi connectivity index (χ4n) is 3.68. The zero-order valence-electron chi connectivity index (χ0n) is 14.6. The highest BCUT2D eigenvalue weighted by molar-refractivity contribution is 9.10. The van der Waals surface area contributed by atoms with E-state index in [1.165, 1.54) is 10.7 Å². The maximum absolute atomic E-state index is 12.8. The van der Waals surface area contributed by atoms with Crippen molar-refractivity contribution in [2.45, 2.75) is 43.9 Å². The van der Waals surface area contributed by atoms with Crippen molar-refractivity contribution in [3.8, 4) is 0 Å². The SMILES string of the molecule is Cc1cc(S(=O)(=O)N2CCN(C(=O)C3CCCCC3)CC2)ccc1Br. The number of rotatable bonds is 3. The zero-order valence-corrected chi connectivity index (χ0v) is 17.0. The average molecular weight is 429 g/mol. The van der Waals surface area contributed by atoms with Gasteiger partial charge in [0.2, 0.25) is 15.9 Å². The van der Waals surface area contributed by atoms with Crippen LogP contribution >= 0.6 is 15.9 Å². The number of carbonyl (C=O) groups excluding carboxylic acids is 1. The van der Waals surface area contributed by atoms with Gasteiger partial charge in [0, 0.05) is 36.6 Å². The summed E-state index contributed by atoms with van der Waals surface area (Å²) in [4.78, 5) is 14.8. The minimum Gasteiger partial charge on any atom is -0.340 e. The van der Waals surface area contributed by atoms with E-state index in [0.29, 0.717) is 31.1 Å². The van der Waals surface area contributed by atoms with E-state index in [-0.39, 0.29) is 11.8 Å². The molecule has 0 bridgehead atoms. The molecule has 1 saturated heterocycles. The summed E-state index contributed by atoms with van der Waals surface area (Å²) < 4.78 is 28.1. The van der Waals surface area contributed by atoms with Gasteiger partial charge in [-0.1, -0.05) is 35.2 Å². The van der Waals surface area contributed by atoms with E-state index >= 15 is 0 Å². The van der Waals surface area contributed by atoms with Crippen molar-refractivity contribution in [1.29, 1.82) is 0 Å². The molecular formula is C18H25BrN2O3S. The predicted molar refractivity (Wildman–Crippen MR) is 101 cm³/mol. The van der Waals surface area contributed by atoms with E-state index in [1.807, 2.05) is 11.8 Å². The van der Waals surface area contributed by atoms with Crippen LogP contribution in [0.1, 0.15) is 37.7 Å². The van der Waals surface area contributed by atoms with Crippen LogP contribution in [0.3, 0.4) is 0 Å². The lowest BCUT2D eigenvalue weighted by atomic mass is 9.88. The summed E-state index contributed by atoms with van der Waals surface area (Å²) in [6.07, 6.45) is 5.45. The third-order valence-corrected chi connectivity index (χ3v) is 8.06. The van der Waals surface area contributed by atoms with E-state index in [2.05, 4.69) is 15.9 Å². The molecule has 3 rings (SSSR count). The van der Waals surface area contributed by atoms with Gasteiger partial charge < -0.3 is 4.90 Å². The number of sulfonamides is 1. The summed E-state index contributed by atoms with van der Waals surface area (Å²) in [6, 6.07) is 5.09. The Morgan fingerprint density at radius 1 is 1.08 bits per heavy atom. The normalized spacial score (nSPS) is 20.6. The van der Waals surface area contributed by atoms with E-state index in [4.69, 9.17) is 0 Å². The molecule has 0 spiro atoms. The summed E-state index contributed by atoms with van der Waals surface area (Å²) in [5.41, 5.74) is 0.896. The number of aryl methyl sites for hydroxylation is 1. The molecule has 1 aliphatic carbocycles. The Balaban J connectivity index is 1.64. The van der Waals surface area contributed by atoms with E-state index in [0.717, 1.165) is 35.7 Å². The van der Waals surface area contributed by atoms with Crippen molar-refractivity contribution >= 4 is 31.9 Å². The van der Waals surface area contributed by atoms with Crippen LogP contribution in [0.15, 0.2) is 27.6 Å². The van der Waals surface area contributed by atoms with Crippen LogP contribution in [0, 0.1) is 12.8 Å². The summed E-state index contributed by atoms with van der Waals surface area (Å²) in [5, 5.41) is 0. The van der Waals surface area contributed by atoms with Crippen LogP contribution in [0.2, 0.25) is 0 Å². The number of nitrogens with zero attached hydrogens (tertiary/aromatic N) is 2. The van der Waals surface area contributed by atoms with Crippen molar-refractivity contribution in [3.63, 3.8) is 0 Å². The highest BCUT2D eigenvalue weighted by Crippen LogP contribution is 2.27. The smallest absolute Gasteiger partial charge is 0.243 e. The van der Waals surface area contributed by atoms with E-state index in [9.17, 15) is 13.2 Å². The van der Waals surface area contributed by atoms with Crippen LogP contribution in [0.4, 0.5) is 0 Å². The average Bonchev–Trinajstić information content (AvgIpc) is 2.64. The Kier molecular flexibility index (Phi) is 5.85. The van der Waals surface area contributed by atoms with E-state index < -0.39 is 10.0 Å². The third-order valence-electron chi connectivity index (χ3n) is 5.27. The van der Waals surface area contributed by atoms with Gasteiger partial charge in [-0.05, 0) is 43.5 Å². The molecule has 1 heterocycles. The van der Waals surface area contributed by atoms with Gasteiger partial charge in [0.25, 0.3) is 0 Å². The van der Waals surface area contributed by atoms with E-state index in [1.54, 1.807) is 18.2 Å². The van der Waals surface area contributed by atoms with Crippen LogP contribution in [-0.2, 0) is 14.8 Å². The molecule has 2 aliphatic rings. The standard InChI is InChI=1S/C18H25BrN2O3S/c1-14-13-16(7-8-17(14)19)25(23,24)21-11-9-20(10-12-21)18(22)15-5-3-2-4-6-15/h7-8,13,15H,2-6,9-12H2,1H3. The minimum absolute atomic E-state index is 0.144. The molecule has 138 valence electrons. The molecule has 7 heteroatoms. The second kappa shape index (κ2) is 7.76. The van der Waals surface area contributed by atoms with Gasteiger partial charge in [0.15, 0.2) is 0 Å². The quantitative estimate of drug-likeness (QED) is 0.742. The second-order valence-corrected chi connectivity index (χ2v) is 9.77. The predicted octanol–water partition coefficient (Wildman–Crippen LogP) is 3.17. The van der Waals surface area contributed by atoms with Crippen LogP contribution in [-0.4, -0.2) is 49.7 Å². The molecule has 2 fully saturated rings. The van der Waals surface area contributed by atoms with Gasteiger partial charge in [0.05, 0.1) is 4.90 Å². The molecule has 1 saturated carbocycles. The molecule has 1 aliphatic heterocycles. The summed E-state index contributed by atoms with van der Waals surface area (Å²) in [7, 11) is -3.50. The number of carbonyl (C=O) groups is 1.